The van der Waals surface area contributed by atoms with Crippen LogP contribution in [-0.4, -0.2) is 36.3 Å². The van der Waals surface area contributed by atoms with Crippen LogP contribution in [0.5, 0.6) is 5.75 Å². The summed E-state index contributed by atoms with van der Waals surface area (Å²) in [4.78, 5) is 15.0. The number of nitrogens with zero attached hydrogens (tertiary/aromatic N) is 3. The number of hydrogen-bond donors (Lipinski definition) is 1. The average Bonchev–Trinajstić information content (AvgIpc) is 2.84. The van der Waals surface area contributed by atoms with E-state index in [9.17, 15) is 4.79 Å². The van der Waals surface area contributed by atoms with E-state index in [4.69, 9.17) is 4.74 Å². The molecule has 4 rings (SSSR count). The Morgan fingerprint density at radius 3 is 2.69 bits per heavy atom. The van der Waals surface area contributed by atoms with Gasteiger partial charge in [0, 0.05) is 30.8 Å². The first-order valence-electron chi connectivity index (χ1n) is 11.1. The number of amides is 1. The maximum atomic E-state index is 12.8. The Balaban J connectivity index is 1.39. The fraction of sp³-hybridized carbons (Fsp3) is 0.346. The van der Waals surface area contributed by atoms with Crippen molar-refractivity contribution in [2.75, 3.05) is 25.1 Å². The summed E-state index contributed by atoms with van der Waals surface area (Å²) in [7, 11) is 1.64. The van der Waals surface area contributed by atoms with Crippen molar-refractivity contribution in [2.45, 2.75) is 33.2 Å². The van der Waals surface area contributed by atoms with Crippen LogP contribution in [0.3, 0.4) is 0 Å². The predicted octanol–water partition coefficient (Wildman–Crippen LogP) is 4.30. The standard InChI is InChI=1S/C26H30N4O2/c1-18-10-11-20(15-19(18)2)23-12-13-25(29-28-23)30-14-6-8-22(17-30)26(31)27-16-21-7-4-5-9-24(21)32-3/h4-5,7,9-13,15,22H,6,8,14,16-17H2,1-3H3,(H,27,31). The van der Waals surface area contributed by atoms with Gasteiger partial charge in [-0.05, 0) is 62.1 Å². The third-order valence-electron chi connectivity index (χ3n) is 6.21. The van der Waals surface area contributed by atoms with Crippen LogP contribution in [0.15, 0.2) is 54.6 Å². The van der Waals surface area contributed by atoms with E-state index in [0.29, 0.717) is 13.1 Å². The summed E-state index contributed by atoms with van der Waals surface area (Å²) < 4.78 is 5.38. The number of para-hydroxylation sites is 1. The Hall–Kier alpha value is -3.41. The molecule has 1 atom stereocenters. The molecular formula is C26H30N4O2. The first-order chi connectivity index (χ1) is 15.5. The van der Waals surface area contributed by atoms with Crippen LogP contribution in [0.4, 0.5) is 5.82 Å². The van der Waals surface area contributed by atoms with Gasteiger partial charge in [-0.1, -0.05) is 30.3 Å². The molecule has 1 N–H and O–H groups in total. The van der Waals surface area contributed by atoms with E-state index in [0.717, 1.165) is 47.8 Å². The minimum absolute atomic E-state index is 0.0697. The molecule has 3 aromatic rings. The Labute approximate surface area is 189 Å². The van der Waals surface area contributed by atoms with Crippen LogP contribution < -0.4 is 15.0 Å². The lowest BCUT2D eigenvalue weighted by atomic mass is 9.97. The van der Waals surface area contributed by atoms with Crippen molar-refractivity contribution >= 4 is 11.7 Å². The lowest BCUT2D eigenvalue weighted by Crippen LogP contribution is -2.43. The Morgan fingerprint density at radius 1 is 1.09 bits per heavy atom. The molecule has 0 spiro atoms. The monoisotopic (exact) mass is 430 g/mol. The van der Waals surface area contributed by atoms with E-state index in [-0.39, 0.29) is 11.8 Å². The Morgan fingerprint density at radius 2 is 1.94 bits per heavy atom. The molecule has 1 aromatic heterocycles. The summed E-state index contributed by atoms with van der Waals surface area (Å²) in [5.74, 6) is 1.61. The van der Waals surface area contributed by atoms with Gasteiger partial charge in [0.05, 0.1) is 18.7 Å². The van der Waals surface area contributed by atoms with Gasteiger partial charge in [-0.2, -0.15) is 0 Å². The van der Waals surface area contributed by atoms with Crippen molar-refractivity contribution in [3.63, 3.8) is 0 Å². The fourth-order valence-corrected chi connectivity index (χ4v) is 4.12. The summed E-state index contributed by atoms with van der Waals surface area (Å²) in [5.41, 5.74) is 5.41. The van der Waals surface area contributed by atoms with Crippen molar-refractivity contribution in [3.8, 4) is 17.0 Å². The highest BCUT2D eigenvalue weighted by Gasteiger charge is 2.26. The zero-order chi connectivity index (χ0) is 22.5. The smallest absolute Gasteiger partial charge is 0.225 e. The molecule has 1 unspecified atom stereocenters. The lowest BCUT2D eigenvalue weighted by Gasteiger charge is -2.32. The number of nitrogens with one attached hydrogen (secondary N) is 1. The highest BCUT2D eigenvalue weighted by Crippen LogP contribution is 2.25. The van der Waals surface area contributed by atoms with Gasteiger partial charge in [-0.25, -0.2) is 0 Å². The first kappa shape index (κ1) is 21.8. The molecule has 0 radical (unpaired) electrons. The topological polar surface area (TPSA) is 67.3 Å². The number of aromatic nitrogens is 2. The predicted molar refractivity (Wildman–Crippen MR) is 127 cm³/mol. The van der Waals surface area contributed by atoms with Gasteiger partial charge in [0.25, 0.3) is 0 Å². The lowest BCUT2D eigenvalue weighted by molar-refractivity contribution is -0.125. The van der Waals surface area contributed by atoms with Crippen LogP contribution in [0.1, 0.15) is 29.5 Å². The van der Waals surface area contributed by atoms with E-state index in [1.165, 1.54) is 11.1 Å². The molecule has 1 aliphatic rings. The Bertz CT molecular complexity index is 1080. The first-order valence-corrected chi connectivity index (χ1v) is 11.1. The maximum Gasteiger partial charge on any atom is 0.225 e. The van der Waals surface area contributed by atoms with Crippen LogP contribution in [-0.2, 0) is 11.3 Å². The number of piperidine rings is 1. The van der Waals surface area contributed by atoms with Gasteiger partial charge in [-0.3, -0.25) is 4.79 Å². The third kappa shape index (κ3) is 4.90. The number of rotatable bonds is 6. The molecule has 6 heteroatoms. The van der Waals surface area contributed by atoms with Crippen molar-refractivity contribution in [3.05, 3.63) is 71.3 Å². The van der Waals surface area contributed by atoms with Gasteiger partial charge >= 0.3 is 0 Å². The molecule has 1 fully saturated rings. The van der Waals surface area contributed by atoms with E-state index in [1.807, 2.05) is 36.4 Å². The largest absolute Gasteiger partial charge is 0.496 e. The SMILES string of the molecule is COc1ccccc1CNC(=O)C1CCCN(c2ccc(-c3ccc(C)c(C)c3)nn2)C1. The van der Waals surface area contributed by atoms with Crippen molar-refractivity contribution in [2.24, 2.45) is 5.92 Å². The number of anilines is 1. The average molecular weight is 431 g/mol. The fourth-order valence-electron chi connectivity index (χ4n) is 4.12. The third-order valence-corrected chi connectivity index (χ3v) is 6.21. The minimum atomic E-state index is -0.0697. The maximum absolute atomic E-state index is 12.8. The molecule has 0 aliphatic carbocycles. The summed E-state index contributed by atoms with van der Waals surface area (Å²) in [5, 5.41) is 12.0. The minimum Gasteiger partial charge on any atom is -0.496 e. The number of carbonyl (C=O) groups excluding carboxylic acids is 1. The van der Waals surface area contributed by atoms with Gasteiger partial charge in [0.2, 0.25) is 5.91 Å². The summed E-state index contributed by atoms with van der Waals surface area (Å²) in [6.07, 6.45) is 1.83. The van der Waals surface area contributed by atoms with Gasteiger partial charge in [-0.15, -0.1) is 10.2 Å². The van der Waals surface area contributed by atoms with Gasteiger partial charge in [0.15, 0.2) is 5.82 Å². The molecule has 6 nitrogen and oxygen atoms in total. The van der Waals surface area contributed by atoms with Crippen LogP contribution in [0.25, 0.3) is 11.3 Å². The highest BCUT2D eigenvalue weighted by molar-refractivity contribution is 5.79. The number of benzene rings is 2. The second-order valence-corrected chi connectivity index (χ2v) is 8.39. The van der Waals surface area contributed by atoms with Crippen molar-refractivity contribution in [1.29, 1.82) is 0 Å². The van der Waals surface area contributed by atoms with E-state index < -0.39 is 0 Å². The molecule has 2 heterocycles. The molecule has 166 valence electrons. The molecule has 1 aliphatic heterocycles. The summed E-state index contributed by atoms with van der Waals surface area (Å²) in [6.45, 7) is 6.20. The number of ether oxygens (including phenoxy) is 1. The molecule has 32 heavy (non-hydrogen) atoms. The normalized spacial score (nSPS) is 16.0. The van der Waals surface area contributed by atoms with E-state index in [2.05, 4.69) is 52.5 Å². The highest BCUT2D eigenvalue weighted by atomic mass is 16.5. The molecule has 2 aromatic carbocycles. The molecule has 1 saturated heterocycles. The number of hydrogen-bond acceptors (Lipinski definition) is 5. The van der Waals surface area contributed by atoms with Crippen LogP contribution >= 0.6 is 0 Å². The van der Waals surface area contributed by atoms with Crippen LogP contribution in [0.2, 0.25) is 0 Å². The molecule has 0 bridgehead atoms. The molecule has 0 saturated carbocycles. The van der Waals surface area contributed by atoms with E-state index >= 15 is 0 Å². The Kier molecular flexibility index (Phi) is 6.69. The number of carbonyl (C=O) groups is 1. The van der Waals surface area contributed by atoms with Crippen LogP contribution in [0, 0.1) is 19.8 Å². The zero-order valence-corrected chi connectivity index (χ0v) is 19.0. The molecular weight excluding hydrogens is 400 g/mol. The second-order valence-electron chi connectivity index (χ2n) is 8.39. The summed E-state index contributed by atoms with van der Waals surface area (Å²) in [6, 6.07) is 18.1. The van der Waals surface area contributed by atoms with Crippen molar-refractivity contribution in [1.82, 2.24) is 15.5 Å². The van der Waals surface area contributed by atoms with Crippen molar-refractivity contribution < 1.29 is 9.53 Å². The van der Waals surface area contributed by atoms with Gasteiger partial charge < -0.3 is 15.0 Å². The quantitative estimate of drug-likeness (QED) is 0.631. The summed E-state index contributed by atoms with van der Waals surface area (Å²) >= 11 is 0. The second kappa shape index (κ2) is 9.81. The van der Waals surface area contributed by atoms with E-state index in [1.54, 1.807) is 7.11 Å². The number of methoxy groups -OCH3 is 1. The number of aryl methyl sites for hydroxylation is 2. The molecule has 1 amide bonds. The zero-order valence-electron chi connectivity index (χ0n) is 19.0. The van der Waals surface area contributed by atoms with Gasteiger partial charge in [0.1, 0.15) is 5.75 Å².